The normalized spacial score (nSPS) is 14.1. The van der Waals surface area contributed by atoms with E-state index in [0.717, 1.165) is 41.6 Å². The summed E-state index contributed by atoms with van der Waals surface area (Å²) in [6.07, 6.45) is 2.38. The van der Waals surface area contributed by atoms with Gasteiger partial charge in [0.2, 0.25) is 5.95 Å². The quantitative estimate of drug-likeness (QED) is 0.789. The van der Waals surface area contributed by atoms with Crippen molar-refractivity contribution in [2.24, 2.45) is 0 Å². The highest BCUT2D eigenvalue weighted by molar-refractivity contribution is 5.70. The van der Waals surface area contributed by atoms with Gasteiger partial charge >= 0.3 is 0 Å². The van der Waals surface area contributed by atoms with Gasteiger partial charge in [-0.05, 0) is 43.2 Å². The molecule has 0 unspecified atom stereocenters. The number of phenolic OH excluding ortho intramolecular Hbond substituents is 1. The van der Waals surface area contributed by atoms with Crippen molar-refractivity contribution in [3.05, 3.63) is 60.7 Å². The molecule has 4 heteroatoms. The first kappa shape index (κ1) is 14.7. The molecular weight excluding hydrogens is 298 g/mol. The van der Waals surface area contributed by atoms with Gasteiger partial charge in [0.25, 0.3) is 0 Å². The van der Waals surface area contributed by atoms with Crippen LogP contribution in [0.1, 0.15) is 12.8 Å². The smallest absolute Gasteiger partial charge is 0.226 e. The van der Waals surface area contributed by atoms with Crippen LogP contribution in [0.25, 0.3) is 22.5 Å². The first-order valence-corrected chi connectivity index (χ1v) is 8.28. The van der Waals surface area contributed by atoms with E-state index in [0.29, 0.717) is 0 Å². The van der Waals surface area contributed by atoms with E-state index in [2.05, 4.69) is 17.0 Å². The maximum Gasteiger partial charge on any atom is 0.226 e. The van der Waals surface area contributed by atoms with Crippen molar-refractivity contribution in [3.63, 3.8) is 0 Å². The Labute approximate surface area is 141 Å². The minimum atomic E-state index is 0.260. The summed E-state index contributed by atoms with van der Waals surface area (Å²) in [5.74, 6) is 1.05. The molecule has 1 aromatic heterocycles. The molecule has 0 saturated carbocycles. The molecule has 1 saturated heterocycles. The highest BCUT2D eigenvalue weighted by Gasteiger charge is 2.17. The van der Waals surface area contributed by atoms with Gasteiger partial charge in [-0.25, -0.2) is 9.97 Å². The van der Waals surface area contributed by atoms with Gasteiger partial charge in [0.05, 0.1) is 11.4 Å². The average Bonchev–Trinajstić information content (AvgIpc) is 3.17. The van der Waals surface area contributed by atoms with Gasteiger partial charge in [0.15, 0.2) is 0 Å². The highest BCUT2D eigenvalue weighted by atomic mass is 16.3. The van der Waals surface area contributed by atoms with Gasteiger partial charge < -0.3 is 10.0 Å². The lowest BCUT2D eigenvalue weighted by atomic mass is 10.1. The third kappa shape index (κ3) is 2.95. The zero-order valence-electron chi connectivity index (χ0n) is 13.4. The Bertz CT molecular complexity index is 825. The summed E-state index contributed by atoms with van der Waals surface area (Å²) in [6, 6.07) is 19.4. The molecule has 24 heavy (non-hydrogen) atoms. The fraction of sp³-hybridized carbons (Fsp3) is 0.200. The van der Waals surface area contributed by atoms with Gasteiger partial charge in [-0.15, -0.1) is 0 Å². The van der Waals surface area contributed by atoms with Crippen LogP contribution in [0, 0.1) is 0 Å². The molecule has 4 rings (SSSR count). The molecule has 120 valence electrons. The molecule has 0 spiro atoms. The van der Waals surface area contributed by atoms with Gasteiger partial charge in [-0.1, -0.05) is 30.3 Å². The monoisotopic (exact) mass is 317 g/mol. The SMILES string of the molecule is Oc1ccc(-c2cc(-c3ccccc3)nc(N3CCCC3)n2)cc1. The largest absolute Gasteiger partial charge is 0.508 e. The maximum atomic E-state index is 9.52. The van der Waals surface area contributed by atoms with Crippen LogP contribution < -0.4 is 4.90 Å². The van der Waals surface area contributed by atoms with Gasteiger partial charge in [0.1, 0.15) is 5.75 Å². The van der Waals surface area contributed by atoms with Crippen LogP contribution in [0.2, 0.25) is 0 Å². The van der Waals surface area contributed by atoms with Crippen LogP contribution in [0.4, 0.5) is 5.95 Å². The van der Waals surface area contributed by atoms with Crippen LogP contribution in [-0.4, -0.2) is 28.2 Å². The Balaban J connectivity index is 1.83. The zero-order chi connectivity index (χ0) is 16.4. The fourth-order valence-corrected chi connectivity index (χ4v) is 3.03. The number of phenols is 1. The van der Waals surface area contributed by atoms with Crippen molar-refractivity contribution < 1.29 is 5.11 Å². The molecule has 1 aliphatic rings. The van der Waals surface area contributed by atoms with Crippen molar-refractivity contribution in [1.29, 1.82) is 0 Å². The topological polar surface area (TPSA) is 49.3 Å². The molecule has 4 nitrogen and oxygen atoms in total. The van der Waals surface area contributed by atoms with Crippen molar-refractivity contribution in [2.45, 2.75) is 12.8 Å². The van der Waals surface area contributed by atoms with E-state index in [-0.39, 0.29) is 5.75 Å². The Morgan fingerprint density at radius 2 is 1.33 bits per heavy atom. The number of nitrogens with zero attached hydrogens (tertiary/aromatic N) is 3. The van der Waals surface area contributed by atoms with E-state index in [4.69, 9.17) is 9.97 Å². The van der Waals surface area contributed by atoms with E-state index in [1.54, 1.807) is 12.1 Å². The maximum absolute atomic E-state index is 9.52. The summed E-state index contributed by atoms with van der Waals surface area (Å²) in [7, 11) is 0. The van der Waals surface area contributed by atoms with Crippen LogP contribution >= 0.6 is 0 Å². The van der Waals surface area contributed by atoms with Crippen LogP contribution in [-0.2, 0) is 0 Å². The summed E-state index contributed by atoms with van der Waals surface area (Å²) in [4.78, 5) is 11.8. The Hall–Kier alpha value is -2.88. The first-order valence-electron chi connectivity index (χ1n) is 8.28. The predicted molar refractivity (Wildman–Crippen MR) is 96.0 cm³/mol. The number of aromatic hydroxyl groups is 1. The van der Waals surface area contributed by atoms with Gasteiger partial charge in [-0.3, -0.25) is 0 Å². The fourth-order valence-electron chi connectivity index (χ4n) is 3.03. The molecule has 0 amide bonds. The highest BCUT2D eigenvalue weighted by Crippen LogP contribution is 2.28. The third-order valence-corrected chi connectivity index (χ3v) is 4.34. The Morgan fingerprint density at radius 1 is 0.750 bits per heavy atom. The lowest BCUT2D eigenvalue weighted by Crippen LogP contribution is -2.20. The van der Waals surface area contributed by atoms with E-state index >= 15 is 0 Å². The van der Waals surface area contributed by atoms with E-state index in [1.807, 2.05) is 36.4 Å². The number of benzene rings is 2. The minimum absolute atomic E-state index is 0.260. The lowest BCUT2D eigenvalue weighted by molar-refractivity contribution is 0.475. The van der Waals surface area contributed by atoms with Crippen LogP contribution in [0.5, 0.6) is 5.75 Å². The number of anilines is 1. The summed E-state index contributed by atoms with van der Waals surface area (Å²) < 4.78 is 0. The molecule has 0 radical (unpaired) electrons. The molecule has 1 N–H and O–H groups in total. The van der Waals surface area contributed by atoms with Gasteiger partial charge in [0, 0.05) is 24.2 Å². The Kier molecular flexibility index (Phi) is 3.87. The number of rotatable bonds is 3. The van der Waals surface area contributed by atoms with Crippen LogP contribution in [0.15, 0.2) is 60.7 Å². The summed E-state index contributed by atoms with van der Waals surface area (Å²) >= 11 is 0. The Morgan fingerprint density at radius 3 is 1.96 bits per heavy atom. The van der Waals surface area contributed by atoms with Crippen molar-refractivity contribution in [2.75, 3.05) is 18.0 Å². The summed E-state index contributed by atoms with van der Waals surface area (Å²) in [6.45, 7) is 2.01. The van der Waals surface area contributed by atoms with E-state index in [9.17, 15) is 5.11 Å². The zero-order valence-corrected chi connectivity index (χ0v) is 13.4. The number of hydrogen-bond donors (Lipinski definition) is 1. The average molecular weight is 317 g/mol. The standard InChI is InChI=1S/C20H19N3O/c24-17-10-8-16(9-11-17)19-14-18(15-6-2-1-3-7-15)21-20(22-19)23-12-4-5-13-23/h1-3,6-11,14,24H,4-5,12-13H2. The molecule has 1 aliphatic heterocycles. The molecule has 0 atom stereocenters. The van der Waals surface area contributed by atoms with Crippen molar-refractivity contribution in [1.82, 2.24) is 9.97 Å². The minimum Gasteiger partial charge on any atom is -0.508 e. The molecule has 1 fully saturated rings. The van der Waals surface area contributed by atoms with E-state index in [1.165, 1.54) is 12.8 Å². The van der Waals surface area contributed by atoms with Gasteiger partial charge in [-0.2, -0.15) is 0 Å². The molecule has 3 aromatic rings. The van der Waals surface area contributed by atoms with E-state index < -0.39 is 0 Å². The summed E-state index contributed by atoms with van der Waals surface area (Å²) in [5, 5.41) is 9.52. The lowest BCUT2D eigenvalue weighted by Gasteiger charge is -2.17. The van der Waals surface area contributed by atoms with Crippen molar-refractivity contribution in [3.8, 4) is 28.3 Å². The molecule has 2 aromatic carbocycles. The summed E-state index contributed by atoms with van der Waals surface area (Å²) in [5.41, 5.74) is 3.87. The second kappa shape index (κ2) is 6.32. The first-order chi connectivity index (χ1) is 11.8. The second-order valence-corrected chi connectivity index (χ2v) is 6.05. The number of hydrogen-bond acceptors (Lipinski definition) is 4. The second-order valence-electron chi connectivity index (χ2n) is 6.05. The molecule has 0 bridgehead atoms. The predicted octanol–water partition coefficient (Wildman–Crippen LogP) is 4.12. The van der Waals surface area contributed by atoms with Crippen LogP contribution in [0.3, 0.4) is 0 Å². The van der Waals surface area contributed by atoms with Crippen molar-refractivity contribution >= 4 is 5.95 Å². The molecule has 0 aliphatic carbocycles. The molecular formula is C20H19N3O. The number of aromatic nitrogens is 2. The third-order valence-electron chi connectivity index (χ3n) is 4.34. The molecule has 2 heterocycles.